The molecular weight excluding hydrogens is 304 g/mol. The lowest BCUT2D eigenvalue weighted by Gasteiger charge is -2.22. The molecule has 3 rings (SSSR count). The third-order valence-corrected chi connectivity index (χ3v) is 5.59. The van der Waals surface area contributed by atoms with Crippen molar-refractivity contribution in [2.24, 2.45) is 7.05 Å². The summed E-state index contributed by atoms with van der Waals surface area (Å²) in [6, 6.07) is 10.2. The molecule has 0 saturated heterocycles. The molecule has 0 spiro atoms. The van der Waals surface area contributed by atoms with Crippen LogP contribution >= 0.6 is 22.9 Å². The van der Waals surface area contributed by atoms with Gasteiger partial charge in [-0.3, -0.25) is 4.68 Å². The van der Waals surface area contributed by atoms with Crippen molar-refractivity contribution < 1.29 is 5.11 Å². The van der Waals surface area contributed by atoms with E-state index in [9.17, 15) is 5.11 Å². The third-order valence-electron chi connectivity index (χ3n) is 3.73. The van der Waals surface area contributed by atoms with E-state index in [0.717, 1.165) is 21.7 Å². The van der Waals surface area contributed by atoms with E-state index in [1.54, 1.807) is 16.0 Å². The number of benzene rings is 1. The molecule has 3 nitrogen and oxygen atoms in total. The molecule has 0 aliphatic rings. The van der Waals surface area contributed by atoms with Crippen molar-refractivity contribution in [3.8, 4) is 0 Å². The summed E-state index contributed by atoms with van der Waals surface area (Å²) in [5.74, 6) is 0. The first-order valence-corrected chi connectivity index (χ1v) is 7.97. The van der Waals surface area contributed by atoms with E-state index < -0.39 is 5.60 Å². The van der Waals surface area contributed by atoms with Crippen molar-refractivity contribution in [3.05, 3.63) is 51.6 Å². The monoisotopic (exact) mass is 320 g/mol. The molecule has 0 fully saturated rings. The summed E-state index contributed by atoms with van der Waals surface area (Å²) in [7, 11) is 1.86. The predicted molar refractivity (Wildman–Crippen MR) is 88.1 cm³/mol. The average molecular weight is 321 g/mol. The summed E-state index contributed by atoms with van der Waals surface area (Å²) in [5.41, 5.74) is 0.686. The second-order valence-corrected chi connectivity index (χ2v) is 7.03. The first-order valence-electron chi connectivity index (χ1n) is 6.78. The van der Waals surface area contributed by atoms with Crippen LogP contribution in [0.25, 0.3) is 10.1 Å². The first-order chi connectivity index (χ1) is 9.88. The molecular formula is C16H17ClN2OS. The number of hydrogen-bond donors (Lipinski definition) is 1. The van der Waals surface area contributed by atoms with Crippen LogP contribution in [-0.4, -0.2) is 14.9 Å². The summed E-state index contributed by atoms with van der Waals surface area (Å²) in [4.78, 5) is 0.943. The molecule has 2 aromatic heterocycles. The molecule has 0 aliphatic carbocycles. The Morgan fingerprint density at radius 2 is 2.10 bits per heavy atom. The minimum Gasteiger partial charge on any atom is -0.384 e. The van der Waals surface area contributed by atoms with E-state index in [1.807, 2.05) is 33.0 Å². The van der Waals surface area contributed by atoms with Crippen molar-refractivity contribution in [2.45, 2.75) is 25.9 Å². The predicted octanol–water partition coefficient (Wildman–Crippen LogP) is 4.05. The zero-order valence-electron chi connectivity index (χ0n) is 12.2. The van der Waals surface area contributed by atoms with Gasteiger partial charge in [-0.25, -0.2) is 0 Å². The van der Waals surface area contributed by atoms with Crippen LogP contribution in [-0.2, 0) is 19.1 Å². The van der Waals surface area contributed by atoms with Crippen LogP contribution in [0.3, 0.4) is 0 Å². The molecule has 3 aromatic rings. The number of nitrogens with zero attached hydrogens (tertiary/aromatic N) is 2. The molecule has 21 heavy (non-hydrogen) atoms. The topological polar surface area (TPSA) is 38.0 Å². The van der Waals surface area contributed by atoms with Gasteiger partial charge in [0, 0.05) is 23.0 Å². The van der Waals surface area contributed by atoms with Gasteiger partial charge in [0.15, 0.2) is 0 Å². The van der Waals surface area contributed by atoms with Gasteiger partial charge in [-0.1, -0.05) is 29.8 Å². The lowest BCUT2D eigenvalue weighted by molar-refractivity contribution is 0.0595. The fourth-order valence-electron chi connectivity index (χ4n) is 2.53. The van der Waals surface area contributed by atoms with Gasteiger partial charge in [0.2, 0.25) is 0 Å². The Hall–Kier alpha value is -1.36. The standard InChI is InChI=1S/C16H17ClN2OS/c1-10-15(17)12(19(3)18-10)9-16(2,20)14-8-11-6-4-5-7-13(11)21-14/h4-8,20H,9H2,1-3H3. The van der Waals surface area contributed by atoms with Gasteiger partial charge in [-0.15, -0.1) is 11.3 Å². The Kier molecular flexibility index (Phi) is 3.56. The average Bonchev–Trinajstić information content (AvgIpc) is 2.96. The molecule has 0 amide bonds. The van der Waals surface area contributed by atoms with Crippen molar-refractivity contribution in [3.63, 3.8) is 0 Å². The van der Waals surface area contributed by atoms with Crippen LogP contribution in [0.2, 0.25) is 5.02 Å². The number of aryl methyl sites for hydroxylation is 2. The number of aromatic nitrogens is 2. The van der Waals surface area contributed by atoms with E-state index >= 15 is 0 Å². The van der Waals surface area contributed by atoms with Crippen molar-refractivity contribution in [1.29, 1.82) is 0 Å². The zero-order valence-corrected chi connectivity index (χ0v) is 13.8. The molecule has 1 N–H and O–H groups in total. The highest BCUT2D eigenvalue weighted by Gasteiger charge is 2.29. The number of hydrogen-bond acceptors (Lipinski definition) is 3. The molecule has 1 unspecified atom stereocenters. The first kappa shape index (κ1) is 14.6. The fraction of sp³-hybridized carbons (Fsp3) is 0.312. The molecule has 1 atom stereocenters. The molecule has 110 valence electrons. The Morgan fingerprint density at radius 3 is 2.71 bits per heavy atom. The van der Waals surface area contributed by atoms with E-state index in [-0.39, 0.29) is 0 Å². The smallest absolute Gasteiger partial charge is 0.102 e. The van der Waals surface area contributed by atoms with Crippen molar-refractivity contribution in [2.75, 3.05) is 0 Å². The summed E-state index contributed by atoms with van der Waals surface area (Å²) in [6.45, 7) is 3.70. The second kappa shape index (κ2) is 5.13. The number of aliphatic hydroxyl groups is 1. The largest absolute Gasteiger partial charge is 0.384 e. The van der Waals surface area contributed by atoms with Crippen LogP contribution < -0.4 is 0 Å². The van der Waals surface area contributed by atoms with Crippen LogP contribution in [0.5, 0.6) is 0 Å². The number of thiophene rings is 1. The Balaban J connectivity index is 1.99. The van der Waals surface area contributed by atoms with Crippen LogP contribution in [0.4, 0.5) is 0 Å². The minimum absolute atomic E-state index is 0.440. The van der Waals surface area contributed by atoms with Crippen molar-refractivity contribution in [1.82, 2.24) is 9.78 Å². The summed E-state index contributed by atoms with van der Waals surface area (Å²) >= 11 is 7.91. The van der Waals surface area contributed by atoms with Crippen LogP contribution in [0.15, 0.2) is 30.3 Å². The number of fused-ring (bicyclic) bond motifs is 1. The quantitative estimate of drug-likeness (QED) is 0.790. The Bertz CT molecular complexity index is 771. The molecule has 2 heterocycles. The van der Waals surface area contributed by atoms with Gasteiger partial charge in [0.05, 0.1) is 16.4 Å². The van der Waals surface area contributed by atoms with Gasteiger partial charge < -0.3 is 5.11 Å². The summed E-state index contributed by atoms with van der Waals surface area (Å²) in [5, 5.41) is 17.0. The van der Waals surface area contributed by atoms with E-state index in [0.29, 0.717) is 11.4 Å². The lowest BCUT2D eigenvalue weighted by atomic mass is 9.97. The zero-order chi connectivity index (χ0) is 15.2. The fourth-order valence-corrected chi connectivity index (χ4v) is 3.87. The maximum atomic E-state index is 10.9. The van der Waals surface area contributed by atoms with E-state index in [1.165, 1.54) is 4.70 Å². The third kappa shape index (κ3) is 2.59. The molecule has 0 bridgehead atoms. The summed E-state index contributed by atoms with van der Waals surface area (Å²) in [6.07, 6.45) is 0.440. The summed E-state index contributed by atoms with van der Waals surface area (Å²) < 4.78 is 2.93. The Morgan fingerprint density at radius 1 is 1.38 bits per heavy atom. The minimum atomic E-state index is -0.965. The highest BCUT2D eigenvalue weighted by molar-refractivity contribution is 7.19. The van der Waals surface area contributed by atoms with E-state index in [4.69, 9.17) is 11.6 Å². The van der Waals surface area contributed by atoms with Crippen LogP contribution in [0.1, 0.15) is 23.2 Å². The van der Waals surface area contributed by atoms with E-state index in [2.05, 4.69) is 23.3 Å². The van der Waals surface area contributed by atoms with Gasteiger partial charge in [0.25, 0.3) is 0 Å². The van der Waals surface area contributed by atoms with Gasteiger partial charge in [-0.05, 0) is 31.4 Å². The number of halogens is 1. The SMILES string of the molecule is Cc1nn(C)c(CC(C)(O)c2cc3ccccc3s2)c1Cl. The number of rotatable bonds is 3. The van der Waals surface area contributed by atoms with Crippen LogP contribution in [0, 0.1) is 6.92 Å². The maximum Gasteiger partial charge on any atom is 0.102 e. The molecule has 0 aliphatic heterocycles. The van der Waals surface area contributed by atoms with Gasteiger partial charge >= 0.3 is 0 Å². The molecule has 5 heteroatoms. The second-order valence-electron chi connectivity index (χ2n) is 5.57. The lowest BCUT2D eigenvalue weighted by Crippen LogP contribution is -2.24. The molecule has 1 aromatic carbocycles. The van der Waals surface area contributed by atoms with Gasteiger partial charge in [0.1, 0.15) is 5.60 Å². The van der Waals surface area contributed by atoms with Gasteiger partial charge in [-0.2, -0.15) is 5.10 Å². The molecule has 0 radical (unpaired) electrons. The van der Waals surface area contributed by atoms with Crippen molar-refractivity contribution >= 4 is 33.0 Å². The molecule has 0 saturated carbocycles. The maximum absolute atomic E-state index is 10.9. The highest BCUT2D eigenvalue weighted by Crippen LogP contribution is 2.36. The highest BCUT2D eigenvalue weighted by atomic mass is 35.5. The normalized spacial score (nSPS) is 14.5. The Labute approximate surface area is 132 Å².